The number of methoxy groups -OCH3 is 2. The van der Waals surface area contributed by atoms with Gasteiger partial charge in [-0.25, -0.2) is 0 Å². The maximum Gasteiger partial charge on any atom is 0.188 e. The lowest BCUT2D eigenvalue weighted by molar-refractivity contribution is 0.0502. The predicted octanol–water partition coefficient (Wildman–Crippen LogP) is 3.95. The topological polar surface area (TPSA) is 72.0 Å². The highest BCUT2D eigenvalue weighted by atomic mass is 32.1. The van der Waals surface area contributed by atoms with Gasteiger partial charge in [0.2, 0.25) is 0 Å². The molecule has 158 valence electrons. The zero-order valence-electron chi connectivity index (χ0n) is 17.7. The summed E-state index contributed by atoms with van der Waals surface area (Å²) >= 11 is 5.50. The van der Waals surface area contributed by atoms with Crippen LogP contribution >= 0.6 is 12.2 Å². The second-order valence-electron chi connectivity index (χ2n) is 7.56. The van der Waals surface area contributed by atoms with Crippen LogP contribution in [0.5, 0.6) is 11.5 Å². The minimum Gasteiger partial charge on any atom is -0.496 e. The summed E-state index contributed by atoms with van der Waals surface area (Å²) in [5, 5.41) is 16.8. The molecular formula is C22H30N2O4S. The molecular weight excluding hydrogens is 388 g/mol. The van der Waals surface area contributed by atoms with E-state index in [0.717, 1.165) is 11.1 Å². The Labute approximate surface area is 178 Å². The first-order chi connectivity index (χ1) is 13.8. The Bertz CT molecular complexity index is 820. The minimum absolute atomic E-state index is 0.0686. The monoisotopic (exact) mass is 418 g/mol. The Hall–Kier alpha value is -2.35. The fraction of sp³-hybridized carbons (Fsp3) is 0.409. The highest BCUT2D eigenvalue weighted by Gasteiger charge is 2.27. The molecule has 0 amide bonds. The van der Waals surface area contributed by atoms with Gasteiger partial charge in [-0.15, -0.1) is 0 Å². The van der Waals surface area contributed by atoms with Gasteiger partial charge in [-0.2, -0.15) is 0 Å². The van der Waals surface area contributed by atoms with Crippen molar-refractivity contribution in [3.05, 3.63) is 53.1 Å². The van der Waals surface area contributed by atoms with Crippen molar-refractivity contribution in [1.82, 2.24) is 5.32 Å². The van der Waals surface area contributed by atoms with Crippen LogP contribution in [-0.4, -0.2) is 31.2 Å². The van der Waals surface area contributed by atoms with Crippen LogP contribution in [0, 0.1) is 0 Å². The summed E-state index contributed by atoms with van der Waals surface area (Å²) in [6.07, 6.45) is 0. The van der Waals surface area contributed by atoms with E-state index in [4.69, 9.17) is 26.4 Å². The second-order valence-corrected chi connectivity index (χ2v) is 7.97. The number of anilines is 1. The molecule has 0 heterocycles. The quantitative estimate of drug-likeness (QED) is 0.443. The molecule has 7 heteroatoms. The lowest BCUT2D eigenvalue weighted by Gasteiger charge is -2.28. The zero-order chi connectivity index (χ0) is 21.4. The molecule has 0 fully saturated rings. The summed E-state index contributed by atoms with van der Waals surface area (Å²) < 4.78 is 16.6. The van der Waals surface area contributed by atoms with Crippen LogP contribution in [0.1, 0.15) is 37.5 Å². The van der Waals surface area contributed by atoms with E-state index in [1.165, 1.54) is 0 Å². The smallest absolute Gasteiger partial charge is 0.188 e. The SMILES string of the molecule is COCOc1c(C(C)(C)C)cc(OC)c(CO)c1NC(=S)NCc1ccccc1. The van der Waals surface area contributed by atoms with E-state index in [1.54, 1.807) is 14.2 Å². The molecule has 0 aliphatic carbocycles. The van der Waals surface area contributed by atoms with E-state index in [1.807, 2.05) is 36.4 Å². The number of aliphatic hydroxyl groups excluding tert-OH is 1. The number of aliphatic hydroxyl groups is 1. The van der Waals surface area contributed by atoms with Crippen LogP contribution < -0.4 is 20.1 Å². The minimum atomic E-state index is -0.236. The van der Waals surface area contributed by atoms with Gasteiger partial charge in [0, 0.05) is 24.8 Å². The van der Waals surface area contributed by atoms with Gasteiger partial charge in [-0.3, -0.25) is 0 Å². The van der Waals surface area contributed by atoms with Gasteiger partial charge >= 0.3 is 0 Å². The van der Waals surface area contributed by atoms with Crippen LogP contribution in [-0.2, 0) is 23.3 Å². The highest BCUT2D eigenvalue weighted by Crippen LogP contribution is 2.44. The summed E-state index contributed by atoms with van der Waals surface area (Å²) in [5.41, 5.74) is 2.92. The van der Waals surface area contributed by atoms with Gasteiger partial charge in [0.1, 0.15) is 11.5 Å². The predicted molar refractivity (Wildman–Crippen MR) is 120 cm³/mol. The molecule has 29 heavy (non-hydrogen) atoms. The van der Waals surface area contributed by atoms with Crippen LogP contribution in [0.2, 0.25) is 0 Å². The molecule has 2 aromatic rings. The van der Waals surface area contributed by atoms with Crippen molar-refractivity contribution in [2.45, 2.75) is 39.3 Å². The fourth-order valence-corrected chi connectivity index (χ4v) is 3.09. The largest absolute Gasteiger partial charge is 0.496 e. The summed E-state index contributed by atoms with van der Waals surface area (Å²) in [7, 11) is 3.14. The number of rotatable bonds is 8. The molecule has 0 radical (unpaired) electrons. The maximum absolute atomic E-state index is 10.0. The molecule has 0 aliphatic rings. The van der Waals surface area contributed by atoms with Crippen molar-refractivity contribution in [2.24, 2.45) is 0 Å². The third-order valence-corrected chi connectivity index (χ3v) is 4.63. The molecule has 0 aliphatic heterocycles. The Morgan fingerprint density at radius 3 is 2.38 bits per heavy atom. The van der Waals surface area contributed by atoms with Crippen molar-refractivity contribution >= 4 is 23.0 Å². The fourth-order valence-electron chi connectivity index (χ4n) is 2.91. The molecule has 2 aromatic carbocycles. The van der Waals surface area contributed by atoms with Crippen LogP contribution in [0.3, 0.4) is 0 Å². The summed E-state index contributed by atoms with van der Waals surface area (Å²) in [4.78, 5) is 0. The van der Waals surface area contributed by atoms with Gasteiger partial charge in [-0.05, 0) is 29.3 Å². The lowest BCUT2D eigenvalue weighted by atomic mass is 9.84. The van der Waals surface area contributed by atoms with Crippen LogP contribution in [0.25, 0.3) is 0 Å². The van der Waals surface area contributed by atoms with E-state index in [0.29, 0.717) is 34.4 Å². The van der Waals surface area contributed by atoms with Gasteiger partial charge in [0.25, 0.3) is 0 Å². The molecule has 3 N–H and O–H groups in total. The first-order valence-corrected chi connectivity index (χ1v) is 9.78. The average Bonchev–Trinajstić information content (AvgIpc) is 2.70. The Morgan fingerprint density at radius 2 is 1.83 bits per heavy atom. The van der Waals surface area contributed by atoms with Crippen LogP contribution in [0.4, 0.5) is 5.69 Å². The molecule has 0 spiro atoms. The Morgan fingerprint density at radius 1 is 1.14 bits per heavy atom. The average molecular weight is 419 g/mol. The first-order valence-electron chi connectivity index (χ1n) is 9.37. The Balaban J connectivity index is 2.41. The molecule has 0 bridgehead atoms. The number of benzene rings is 2. The van der Waals surface area contributed by atoms with Crippen molar-refractivity contribution < 1.29 is 19.3 Å². The standard InChI is InChI=1S/C22H30N2O4S/c1-22(2,3)17-11-18(27-5)16(13-25)19(20(17)28-14-26-4)24-21(29)23-12-15-9-7-6-8-10-15/h6-11,25H,12-14H2,1-5H3,(H2,23,24,29). The normalized spacial score (nSPS) is 11.1. The summed E-state index contributed by atoms with van der Waals surface area (Å²) in [5.74, 6) is 1.14. The van der Waals surface area contributed by atoms with E-state index in [-0.39, 0.29) is 18.8 Å². The van der Waals surface area contributed by atoms with Crippen LogP contribution in [0.15, 0.2) is 36.4 Å². The van der Waals surface area contributed by atoms with Crippen molar-refractivity contribution in [3.8, 4) is 11.5 Å². The molecule has 0 aromatic heterocycles. The third-order valence-electron chi connectivity index (χ3n) is 4.39. The molecule has 0 saturated carbocycles. The van der Waals surface area contributed by atoms with E-state index in [2.05, 4.69) is 31.4 Å². The number of hydrogen-bond donors (Lipinski definition) is 3. The number of thiocarbonyl (C=S) groups is 1. The number of nitrogens with one attached hydrogen (secondary N) is 2. The van der Waals surface area contributed by atoms with Gasteiger partial charge in [0.05, 0.1) is 19.4 Å². The van der Waals surface area contributed by atoms with Crippen molar-refractivity contribution in [3.63, 3.8) is 0 Å². The van der Waals surface area contributed by atoms with Gasteiger partial charge < -0.3 is 30.0 Å². The molecule has 2 rings (SSSR count). The summed E-state index contributed by atoms with van der Waals surface area (Å²) in [6.45, 7) is 6.65. The molecule has 0 unspecified atom stereocenters. The number of hydrogen-bond acceptors (Lipinski definition) is 5. The van der Waals surface area contributed by atoms with Gasteiger partial charge in [-0.1, -0.05) is 51.1 Å². The zero-order valence-corrected chi connectivity index (χ0v) is 18.5. The second kappa shape index (κ2) is 10.4. The number of ether oxygens (including phenoxy) is 3. The van der Waals surface area contributed by atoms with E-state index in [9.17, 15) is 5.11 Å². The van der Waals surface area contributed by atoms with Crippen molar-refractivity contribution in [1.29, 1.82) is 0 Å². The van der Waals surface area contributed by atoms with E-state index < -0.39 is 0 Å². The first kappa shape index (κ1) is 22.9. The van der Waals surface area contributed by atoms with E-state index >= 15 is 0 Å². The van der Waals surface area contributed by atoms with Gasteiger partial charge in [0.15, 0.2) is 11.9 Å². The summed E-state index contributed by atoms with van der Waals surface area (Å²) in [6, 6.07) is 11.9. The molecule has 0 saturated heterocycles. The molecule has 6 nitrogen and oxygen atoms in total. The molecule has 0 atom stereocenters. The highest BCUT2D eigenvalue weighted by molar-refractivity contribution is 7.80. The third kappa shape index (κ3) is 6.06. The lowest BCUT2D eigenvalue weighted by Crippen LogP contribution is -2.29. The maximum atomic E-state index is 10.0. The van der Waals surface area contributed by atoms with Crippen molar-refractivity contribution in [2.75, 3.05) is 26.3 Å². The Kier molecular flexibility index (Phi) is 8.25.